The molecule has 19 heavy (non-hydrogen) atoms. The molecule has 0 aliphatic carbocycles. The first-order valence-corrected chi connectivity index (χ1v) is 7.95. The Balaban J connectivity index is 2.43. The standard InChI is InChI=1S/C15H31N3O/c1-4-7-9-18(10-8-5-2)15(19)13-17(6-3)14-11-16-12-14/h14,16H,4-13H2,1-3H3. The monoisotopic (exact) mass is 269 g/mol. The average molecular weight is 269 g/mol. The van der Waals surface area contributed by atoms with E-state index < -0.39 is 0 Å². The predicted molar refractivity (Wildman–Crippen MR) is 80.3 cm³/mol. The maximum Gasteiger partial charge on any atom is 0.236 e. The van der Waals surface area contributed by atoms with Crippen LogP contribution in [-0.2, 0) is 4.79 Å². The molecule has 1 amide bonds. The van der Waals surface area contributed by atoms with Crippen LogP contribution in [0.15, 0.2) is 0 Å². The molecule has 0 radical (unpaired) electrons. The van der Waals surface area contributed by atoms with Gasteiger partial charge in [0.05, 0.1) is 6.54 Å². The van der Waals surface area contributed by atoms with Gasteiger partial charge in [0.2, 0.25) is 5.91 Å². The zero-order valence-electron chi connectivity index (χ0n) is 13.0. The van der Waals surface area contributed by atoms with Gasteiger partial charge >= 0.3 is 0 Å². The van der Waals surface area contributed by atoms with Gasteiger partial charge in [-0.1, -0.05) is 33.6 Å². The molecule has 112 valence electrons. The highest BCUT2D eigenvalue weighted by molar-refractivity contribution is 5.78. The third kappa shape index (κ3) is 5.49. The van der Waals surface area contributed by atoms with E-state index in [-0.39, 0.29) is 0 Å². The normalized spacial score (nSPS) is 15.6. The van der Waals surface area contributed by atoms with Crippen molar-refractivity contribution in [2.75, 3.05) is 39.3 Å². The van der Waals surface area contributed by atoms with Gasteiger partial charge in [-0.3, -0.25) is 9.69 Å². The largest absolute Gasteiger partial charge is 0.342 e. The molecular weight excluding hydrogens is 238 g/mol. The molecule has 4 nitrogen and oxygen atoms in total. The van der Waals surface area contributed by atoms with Crippen molar-refractivity contribution < 1.29 is 4.79 Å². The fourth-order valence-corrected chi connectivity index (χ4v) is 2.36. The van der Waals surface area contributed by atoms with Crippen LogP contribution in [0.5, 0.6) is 0 Å². The van der Waals surface area contributed by atoms with Crippen molar-refractivity contribution in [1.82, 2.24) is 15.1 Å². The highest BCUT2D eigenvalue weighted by Crippen LogP contribution is 2.07. The smallest absolute Gasteiger partial charge is 0.236 e. The van der Waals surface area contributed by atoms with E-state index in [1.165, 1.54) is 0 Å². The van der Waals surface area contributed by atoms with Crippen molar-refractivity contribution in [3.05, 3.63) is 0 Å². The number of likely N-dealkylation sites (N-methyl/N-ethyl adjacent to an activating group) is 1. The van der Waals surface area contributed by atoms with Crippen molar-refractivity contribution in [2.45, 2.75) is 52.5 Å². The first-order valence-electron chi connectivity index (χ1n) is 7.95. The molecule has 1 aliphatic rings. The van der Waals surface area contributed by atoms with Gasteiger partial charge in [-0.25, -0.2) is 0 Å². The minimum absolute atomic E-state index is 0.315. The minimum Gasteiger partial charge on any atom is -0.342 e. The molecule has 1 rings (SSSR count). The summed E-state index contributed by atoms with van der Waals surface area (Å²) in [6, 6.07) is 0.563. The van der Waals surface area contributed by atoms with Crippen LogP contribution in [0.3, 0.4) is 0 Å². The zero-order chi connectivity index (χ0) is 14.1. The summed E-state index contributed by atoms with van der Waals surface area (Å²) < 4.78 is 0. The van der Waals surface area contributed by atoms with Gasteiger partial charge in [-0.15, -0.1) is 0 Å². The fourth-order valence-electron chi connectivity index (χ4n) is 2.36. The average Bonchev–Trinajstić information content (AvgIpc) is 2.35. The van der Waals surface area contributed by atoms with Crippen LogP contribution in [0, 0.1) is 0 Å². The van der Waals surface area contributed by atoms with Gasteiger partial charge in [0, 0.05) is 32.2 Å². The second-order valence-electron chi connectivity index (χ2n) is 5.46. The number of carbonyl (C=O) groups excluding carboxylic acids is 1. The second-order valence-corrected chi connectivity index (χ2v) is 5.46. The molecule has 1 saturated heterocycles. The Kier molecular flexibility index (Phi) is 8.07. The summed E-state index contributed by atoms with van der Waals surface area (Å²) >= 11 is 0. The molecule has 0 bridgehead atoms. The SMILES string of the molecule is CCCCN(CCCC)C(=O)CN(CC)C1CNC1. The van der Waals surface area contributed by atoms with E-state index in [9.17, 15) is 4.79 Å². The zero-order valence-corrected chi connectivity index (χ0v) is 13.0. The maximum atomic E-state index is 12.4. The third-order valence-electron chi connectivity index (χ3n) is 3.94. The number of hydrogen-bond donors (Lipinski definition) is 1. The molecule has 1 heterocycles. The van der Waals surface area contributed by atoms with Crippen LogP contribution in [0.25, 0.3) is 0 Å². The lowest BCUT2D eigenvalue weighted by molar-refractivity contribution is -0.133. The second kappa shape index (κ2) is 9.32. The first-order chi connectivity index (χ1) is 9.22. The third-order valence-corrected chi connectivity index (χ3v) is 3.94. The van der Waals surface area contributed by atoms with Crippen molar-refractivity contribution in [3.63, 3.8) is 0 Å². The van der Waals surface area contributed by atoms with Gasteiger partial charge in [0.25, 0.3) is 0 Å². The first kappa shape index (κ1) is 16.4. The number of carbonyl (C=O) groups is 1. The Morgan fingerprint density at radius 1 is 1.11 bits per heavy atom. The van der Waals surface area contributed by atoms with Gasteiger partial charge in [0.15, 0.2) is 0 Å². The van der Waals surface area contributed by atoms with Crippen LogP contribution in [0.1, 0.15) is 46.5 Å². The fraction of sp³-hybridized carbons (Fsp3) is 0.933. The number of rotatable bonds is 10. The summed E-state index contributed by atoms with van der Waals surface area (Å²) in [6.07, 6.45) is 4.54. The van der Waals surface area contributed by atoms with E-state index in [0.29, 0.717) is 18.5 Å². The summed E-state index contributed by atoms with van der Waals surface area (Å²) in [5.41, 5.74) is 0. The molecule has 4 heteroatoms. The number of unbranched alkanes of at least 4 members (excludes halogenated alkanes) is 2. The lowest BCUT2D eigenvalue weighted by atomic mass is 10.1. The molecule has 0 saturated carbocycles. The van der Waals surface area contributed by atoms with Crippen LogP contribution >= 0.6 is 0 Å². The highest BCUT2D eigenvalue weighted by Gasteiger charge is 2.26. The lowest BCUT2D eigenvalue weighted by Crippen LogP contribution is -2.59. The van der Waals surface area contributed by atoms with Crippen molar-refractivity contribution in [1.29, 1.82) is 0 Å². The van der Waals surface area contributed by atoms with Crippen molar-refractivity contribution in [2.24, 2.45) is 0 Å². The molecule has 0 atom stereocenters. The Morgan fingerprint density at radius 2 is 1.68 bits per heavy atom. The van der Waals surface area contributed by atoms with Gasteiger partial charge in [0.1, 0.15) is 0 Å². The maximum absolute atomic E-state index is 12.4. The van der Waals surface area contributed by atoms with Crippen LogP contribution in [0.4, 0.5) is 0 Å². The van der Waals surface area contributed by atoms with E-state index in [4.69, 9.17) is 0 Å². The summed E-state index contributed by atoms with van der Waals surface area (Å²) in [6.45, 7) is 12.0. The number of nitrogens with zero attached hydrogens (tertiary/aromatic N) is 2. The Hall–Kier alpha value is -0.610. The molecule has 0 aromatic heterocycles. The predicted octanol–water partition coefficient (Wildman–Crippen LogP) is 1.71. The molecule has 0 spiro atoms. The van der Waals surface area contributed by atoms with E-state index in [0.717, 1.165) is 58.4 Å². The van der Waals surface area contributed by atoms with Crippen LogP contribution < -0.4 is 5.32 Å². The molecule has 0 aromatic carbocycles. The van der Waals surface area contributed by atoms with E-state index >= 15 is 0 Å². The van der Waals surface area contributed by atoms with Crippen molar-refractivity contribution in [3.8, 4) is 0 Å². The Morgan fingerprint density at radius 3 is 2.05 bits per heavy atom. The summed E-state index contributed by atoms with van der Waals surface area (Å²) in [4.78, 5) is 16.8. The van der Waals surface area contributed by atoms with Gasteiger partial charge in [-0.2, -0.15) is 0 Å². The summed E-state index contributed by atoms with van der Waals surface area (Å²) in [5.74, 6) is 0.315. The number of amides is 1. The molecular formula is C15H31N3O. The molecule has 0 aromatic rings. The topological polar surface area (TPSA) is 35.6 Å². The van der Waals surface area contributed by atoms with Gasteiger partial charge in [-0.05, 0) is 19.4 Å². The van der Waals surface area contributed by atoms with Crippen LogP contribution in [0.2, 0.25) is 0 Å². The van der Waals surface area contributed by atoms with Crippen LogP contribution in [-0.4, -0.2) is 61.0 Å². The van der Waals surface area contributed by atoms with E-state index in [2.05, 4.69) is 35.9 Å². The Bertz CT molecular complexity index is 246. The summed E-state index contributed by atoms with van der Waals surface area (Å²) in [5, 5.41) is 3.28. The van der Waals surface area contributed by atoms with Gasteiger partial charge < -0.3 is 10.2 Å². The molecule has 1 fully saturated rings. The molecule has 1 aliphatic heterocycles. The molecule has 0 unspecified atom stereocenters. The summed E-state index contributed by atoms with van der Waals surface area (Å²) in [7, 11) is 0. The lowest BCUT2D eigenvalue weighted by Gasteiger charge is -2.38. The minimum atomic E-state index is 0.315. The molecule has 1 N–H and O–H groups in total. The van der Waals surface area contributed by atoms with Crippen molar-refractivity contribution >= 4 is 5.91 Å². The van der Waals surface area contributed by atoms with E-state index in [1.54, 1.807) is 0 Å². The Labute approximate surface area is 118 Å². The quantitative estimate of drug-likeness (QED) is 0.656. The van der Waals surface area contributed by atoms with E-state index in [1.807, 2.05) is 0 Å². The number of hydrogen-bond acceptors (Lipinski definition) is 3. The number of nitrogens with one attached hydrogen (secondary N) is 1. The highest BCUT2D eigenvalue weighted by atomic mass is 16.2.